The number of rotatable bonds is 2. The van der Waals surface area contributed by atoms with E-state index in [1.54, 1.807) is 11.1 Å². The van der Waals surface area contributed by atoms with Crippen LogP contribution in [-0.2, 0) is 6.42 Å². The first-order chi connectivity index (χ1) is 9.66. The zero-order valence-electron chi connectivity index (χ0n) is 12.1. The number of aryl methyl sites for hydroxylation is 3. The van der Waals surface area contributed by atoms with E-state index in [1.165, 1.54) is 28.2 Å². The van der Waals surface area contributed by atoms with Crippen molar-refractivity contribution in [2.75, 3.05) is 0 Å². The summed E-state index contributed by atoms with van der Waals surface area (Å²) in [5, 5.41) is 0. The van der Waals surface area contributed by atoms with Crippen LogP contribution in [0.1, 0.15) is 44.8 Å². The molecular formula is C18H21NS. The highest BCUT2D eigenvalue weighted by Gasteiger charge is 2.55. The van der Waals surface area contributed by atoms with E-state index in [2.05, 4.69) is 44.2 Å². The van der Waals surface area contributed by atoms with E-state index >= 15 is 0 Å². The predicted octanol–water partition coefficient (Wildman–Crippen LogP) is 4.34. The molecule has 1 aromatic carbocycles. The molecule has 0 aliphatic heterocycles. The quantitative estimate of drug-likeness (QED) is 0.871. The van der Waals surface area contributed by atoms with Crippen LogP contribution in [0.4, 0.5) is 0 Å². The van der Waals surface area contributed by atoms with Gasteiger partial charge in [0.1, 0.15) is 0 Å². The normalized spacial score (nSPS) is 28.6. The van der Waals surface area contributed by atoms with E-state index in [4.69, 9.17) is 5.73 Å². The molecular weight excluding hydrogens is 262 g/mol. The van der Waals surface area contributed by atoms with Crippen LogP contribution in [0, 0.1) is 25.7 Å². The average molecular weight is 283 g/mol. The Labute approximate surface area is 124 Å². The van der Waals surface area contributed by atoms with Crippen molar-refractivity contribution < 1.29 is 0 Å². The van der Waals surface area contributed by atoms with Crippen LogP contribution < -0.4 is 5.73 Å². The zero-order valence-corrected chi connectivity index (χ0v) is 12.9. The van der Waals surface area contributed by atoms with Gasteiger partial charge >= 0.3 is 0 Å². The number of hydrogen-bond donors (Lipinski definition) is 1. The van der Waals surface area contributed by atoms with Crippen molar-refractivity contribution in [1.29, 1.82) is 0 Å². The van der Waals surface area contributed by atoms with Crippen molar-refractivity contribution >= 4 is 11.3 Å². The highest BCUT2D eigenvalue weighted by Crippen LogP contribution is 2.63. The highest BCUT2D eigenvalue weighted by molar-refractivity contribution is 7.12. The van der Waals surface area contributed by atoms with Crippen molar-refractivity contribution in [3.05, 3.63) is 56.8 Å². The van der Waals surface area contributed by atoms with Gasteiger partial charge in [0.25, 0.3) is 0 Å². The van der Waals surface area contributed by atoms with Gasteiger partial charge in [0.2, 0.25) is 0 Å². The van der Waals surface area contributed by atoms with Crippen LogP contribution in [0.2, 0.25) is 0 Å². The van der Waals surface area contributed by atoms with Crippen LogP contribution in [0.5, 0.6) is 0 Å². The van der Waals surface area contributed by atoms with Crippen molar-refractivity contribution in [3.8, 4) is 0 Å². The molecule has 0 radical (unpaired) electrons. The summed E-state index contributed by atoms with van der Waals surface area (Å²) in [5.74, 6) is 2.19. The molecule has 0 spiro atoms. The van der Waals surface area contributed by atoms with Gasteiger partial charge in [-0.25, -0.2) is 0 Å². The maximum atomic E-state index is 6.64. The fraction of sp³-hybridized carbons (Fsp3) is 0.444. The average Bonchev–Trinajstić information content (AvgIpc) is 3.09. The predicted molar refractivity (Wildman–Crippen MR) is 85.2 cm³/mol. The first kappa shape index (κ1) is 12.6. The van der Waals surface area contributed by atoms with Crippen molar-refractivity contribution in [2.45, 2.75) is 38.6 Å². The van der Waals surface area contributed by atoms with E-state index < -0.39 is 0 Å². The summed E-state index contributed by atoms with van der Waals surface area (Å²) < 4.78 is 0. The van der Waals surface area contributed by atoms with Gasteiger partial charge < -0.3 is 5.73 Å². The van der Waals surface area contributed by atoms with E-state index in [9.17, 15) is 0 Å². The smallest absolute Gasteiger partial charge is 0.0343 e. The number of fused-ring (bicyclic) bond motifs is 3. The van der Waals surface area contributed by atoms with Gasteiger partial charge in [-0.2, -0.15) is 0 Å². The number of thiophene rings is 1. The molecule has 0 saturated heterocycles. The maximum absolute atomic E-state index is 6.64. The monoisotopic (exact) mass is 283 g/mol. The topological polar surface area (TPSA) is 26.0 Å². The molecule has 4 atom stereocenters. The lowest BCUT2D eigenvalue weighted by Gasteiger charge is -2.13. The standard InChI is InChI=1S/C18H21NS/c1-10-9-15(11(2)20-10)18(19)17-14-8-7-12-5-3-4-6-13(12)16(14)17/h3-6,9,14,16-18H,7-8,19H2,1-2H3. The van der Waals surface area contributed by atoms with Gasteiger partial charge in [0, 0.05) is 15.8 Å². The molecule has 1 heterocycles. The second-order valence-electron chi connectivity index (χ2n) is 6.40. The molecule has 0 amide bonds. The molecule has 20 heavy (non-hydrogen) atoms. The van der Waals surface area contributed by atoms with Crippen LogP contribution in [0.15, 0.2) is 30.3 Å². The molecule has 104 valence electrons. The lowest BCUT2D eigenvalue weighted by Crippen LogP contribution is -2.14. The lowest BCUT2D eigenvalue weighted by molar-refractivity contribution is 0.555. The molecule has 4 rings (SSSR count). The SMILES string of the molecule is Cc1cc(C(N)C2C3CCc4ccccc4C32)c(C)s1. The molecule has 1 saturated carbocycles. The zero-order chi connectivity index (χ0) is 13.9. The molecule has 1 nitrogen and oxygen atoms in total. The minimum absolute atomic E-state index is 0.223. The fourth-order valence-corrected chi connectivity index (χ4v) is 5.28. The minimum atomic E-state index is 0.223. The van der Waals surface area contributed by atoms with Gasteiger partial charge in [-0.3, -0.25) is 0 Å². The number of hydrogen-bond acceptors (Lipinski definition) is 2. The summed E-state index contributed by atoms with van der Waals surface area (Å²) >= 11 is 1.88. The second-order valence-corrected chi connectivity index (χ2v) is 7.86. The Morgan fingerprint density at radius 2 is 2.05 bits per heavy atom. The van der Waals surface area contributed by atoms with Gasteiger partial charge in [-0.05, 0) is 67.2 Å². The Kier molecular flexibility index (Phi) is 2.80. The molecule has 2 aliphatic carbocycles. The van der Waals surface area contributed by atoms with Crippen molar-refractivity contribution in [3.63, 3.8) is 0 Å². The number of nitrogens with two attached hydrogens (primary N) is 1. The summed E-state index contributed by atoms with van der Waals surface area (Å²) in [7, 11) is 0. The summed E-state index contributed by atoms with van der Waals surface area (Å²) in [6.07, 6.45) is 2.56. The maximum Gasteiger partial charge on any atom is 0.0343 e. The molecule has 2 N–H and O–H groups in total. The van der Waals surface area contributed by atoms with Crippen molar-refractivity contribution in [2.24, 2.45) is 17.6 Å². The Balaban J connectivity index is 1.65. The summed E-state index contributed by atoms with van der Waals surface area (Å²) in [6, 6.07) is 11.5. The summed E-state index contributed by atoms with van der Waals surface area (Å²) in [6.45, 7) is 4.40. The molecule has 2 aliphatic rings. The van der Waals surface area contributed by atoms with Gasteiger partial charge in [-0.15, -0.1) is 11.3 Å². The Bertz CT molecular complexity index is 657. The van der Waals surface area contributed by atoms with Crippen molar-refractivity contribution in [1.82, 2.24) is 0 Å². The third kappa shape index (κ3) is 1.78. The van der Waals surface area contributed by atoms with E-state index in [-0.39, 0.29) is 6.04 Å². The van der Waals surface area contributed by atoms with Gasteiger partial charge in [0.15, 0.2) is 0 Å². The van der Waals surface area contributed by atoms with Gasteiger partial charge in [0.05, 0.1) is 0 Å². The van der Waals surface area contributed by atoms with E-state index in [0.29, 0.717) is 5.92 Å². The Morgan fingerprint density at radius 3 is 2.80 bits per heavy atom. The number of benzene rings is 1. The molecule has 1 fully saturated rings. The third-order valence-corrected chi connectivity index (χ3v) is 6.23. The molecule has 1 aromatic heterocycles. The third-order valence-electron chi connectivity index (χ3n) is 5.24. The Hall–Kier alpha value is -1.12. The lowest BCUT2D eigenvalue weighted by atomic mass is 9.92. The molecule has 2 aromatic rings. The first-order valence-corrected chi connectivity index (χ1v) is 8.39. The van der Waals surface area contributed by atoms with E-state index in [1.807, 2.05) is 11.3 Å². The molecule has 0 bridgehead atoms. The first-order valence-electron chi connectivity index (χ1n) is 7.57. The minimum Gasteiger partial charge on any atom is -0.324 e. The van der Waals surface area contributed by atoms with Crippen LogP contribution in [0.25, 0.3) is 0 Å². The van der Waals surface area contributed by atoms with E-state index in [0.717, 1.165) is 11.8 Å². The van der Waals surface area contributed by atoms with Crippen LogP contribution >= 0.6 is 11.3 Å². The van der Waals surface area contributed by atoms with Gasteiger partial charge in [-0.1, -0.05) is 24.3 Å². The van der Waals surface area contributed by atoms with Crippen LogP contribution in [-0.4, -0.2) is 0 Å². The second kappa shape index (κ2) is 4.44. The summed E-state index contributed by atoms with van der Waals surface area (Å²) in [5.41, 5.74) is 11.2. The van der Waals surface area contributed by atoms with Crippen LogP contribution in [0.3, 0.4) is 0 Å². The molecule has 2 heteroatoms. The molecule has 4 unspecified atom stereocenters. The Morgan fingerprint density at radius 1 is 1.25 bits per heavy atom. The largest absolute Gasteiger partial charge is 0.324 e. The highest BCUT2D eigenvalue weighted by atomic mass is 32.1. The fourth-order valence-electron chi connectivity index (χ4n) is 4.30. The summed E-state index contributed by atoms with van der Waals surface area (Å²) in [4.78, 5) is 2.80.